The summed E-state index contributed by atoms with van der Waals surface area (Å²) in [4.78, 5) is 4.42. The Kier molecular flexibility index (Phi) is 5.16. The molecule has 4 rings (SSSR count). The lowest BCUT2D eigenvalue weighted by atomic mass is 9.98. The minimum absolute atomic E-state index is 1.00. The molecule has 0 bridgehead atoms. The van der Waals surface area contributed by atoms with Crippen molar-refractivity contribution in [2.45, 2.75) is 13.8 Å². The number of pyridine rings is 1. The quantitative estimate of drug-likeness (QED) is 0.348. The van der Waals surface area contributed by atoms with Crippen molar-refractivity contribution in [3.8, 4) is 22.4 Å². The molecule has 0 N–H and O–H groups in total. The molecule has 1 aromatic heterocycles. The molecule has 3 aromatic carbocycles. The molecule has 0 unspecified atom stereocenters. The van der Waals surface area contributed by atoms with E-state index in [1.807, 2.05) is 24.4 Å². The number of hydrogen-bond acceptors (Lipinski definition) is 1. The summed E-state index contributed by atoms with van der Waals surface area (Å²) in [5, 5.41) is 0. The van der Waals surface area contributed by atoms with Crippen LogP contribution >= 0.6 is 0 Å². The molecule has 4 aromatic rings. The third-order valence-electron chi connectivity index (χ3n) is 4.98. The minimum atomic E-state index is 1.00. The monoisotopic (exact) mass is 361 g/mol. The van der Waals surface area contributed by atoms with Crippen LogP contribution in [0.15, 0.2) is 97.2 Å². The number of allylic oxidation sites excluding steroid dienone is 1. The Hall–Kier alpha value is -3.45. The Labute approximate surface area is 167 Å². The summed E-state index contributed by atoms with van der Waals surface area (Å²) >= 11 is 0. The molecule has 136 valence electrons. The zero-order valence-electron chi connectivity index (χ0n) is 16.3. The highest BCUT2D eigenvalue weighted by molar-refractivity contribution is 5.81. The van der Waals surface area contributed by atoms with Gasteiger partial charge in [0.2, 0.25) is 0 Å². The number of hydrogen-bond donors (Lipinski definition) is 0. The molecule has 0 spiro atoms. The van der Waals surface area contributed by atoms with E-state index in [0.717, 1.165) is 11.3 Å². The maximum absolute atomic E-state index is 4.42. The van der Waals surface area contributed by atoms with Gasteiger partial charge in [-0.2, -0.15) is 0 Å². The summed E-state index contributed by atoms with van der Waals surface area (Å²) in [7, 11) is 0. The van der Waals surface area contributed by atoms with Crippen LogP contribution in [-0.2, 0) is 0 Å². The van der Waals surface area contributed by atoms with Crippen LogP contribution in [0.4, 0.5) is 0 Å². The lowest BCUT2D eigenvalue weighted by Gasteiger charge is -2.07. The molecular weight excluding hydrogens is 338 g/mol. The molecule has 0 aliphatic heterocycles. The van der Waals surface area contributed by atoms with Crippen molar-refractivity contribution in [2.75, 3.05) is 0 Å². The predicted octanol–water partition coefficient (Wildman–Crippen LogP) is 7.28. The van der Waals surface area contributed by atoms with Crippen LogP contribution < -0.4 is 0 Å². The van der Waals surface area contributed by atoms with Crippen molar-refractivity contribution in [3.05, 3.63) is 114 Å². The van der Waals surface area contributed by atoms with Gasteiger partial charge in [-0.3, -0.25) is 4.98 Å². The molecule has 1 heteroatoms. The van der Waals surface area contributed by atoms with Crippen molar-refractivity contribution in [3.63, 3.8) is 0 Å². The zero-order chi connectivity index (χ0) is 19.3. The van der Waals surface area contributed by atoms with Crippen molar-refractivity contribution < 1.29 is 0 Å². The van der Waals surface area contributed by atoms with Gasteiger partial charge in [0.1, 0.15) is 0 Å². The normalized spacial score (nSPS) is 11.4. The average molecular weight is 361 g/mol. The van der Waals surface area contributed by atoms with Crippen LogP contribution in [0.1, 0.15) is 23.6 Å². The maximum Gasteiger partial charge on any atom is 0.0701 e. The molecule has 0 aliphatic carbocycles. The number of rotatable bonds is 4. The van der Waals surface area contributed by atoms with E-state index in [1.54, 1.807) is 0 Å². The standard InChI is InChI=1S/C27H23N/c1-20-6-8-22(9-7-20)19-21(2)23-10-12-24(13-11-23)25-14-16-26(17-15-25)27-5-3-4-18-28-27/h3-19H,1-2H3. The molecule has 0 amide bonds. The Morgan fingerprint density at radius 1 is 0.679 bits per heavy atom. The average Bonchev–Trinajstić information content (AvgIpc) is 2.76. The summed E-state index contributed by atoms with van der Waals surface area (Å²) < 4.78 is 0. The third-order valence-corrected chi connectivity index (χ3v) is 4.98. The lowest BCUT2D eigenvalue weighted by Crippen LogP contribution is -1.84. The second kappa shape index (κ2) is 8.06. The Balaban J connectivity index is 1.53. The smallest absolute Gasteiger partial charge is 0.0701 e. The van der Waals surface area contributed by atoms with E-state index in [2.05, 4.69) is 97.7 Å². The fourth-order valence-corrected chi connectivity index (χ4v) is 3.29. The van der Waals surface area contributed by atoms with Crippen LogP contribution in [0.25, 0.3) is 34.0 Å². The lowest BCUT2D eigenvalue weighted by molar-refractivity contribution is 1.33. The van der Waals surface area contributed by atoms with Crippen molar-refractivity contribution >= 4 is 11.6 Å². The van der Waals surface area contributed by atoms with E-state index < -0.39 is 0 Å². The van der Waals surface area contributed by atoms with Gasteiger partial charge >= 0.3 is 0 Å². The van der Waals surface area contributed by atoms with E-state index in [-0.39, 0.29) is 0 Å². The van der Waals surface area contributed by atoms with Crippen LogP contribution in [-0.4, -0.2) is 4.98 Å². The molecule has 1 nitrogen and oxygen atoms in total. The molecular formula is C27H23N. The Morgan fingerprint density at radius 2 is 1.29 bits per heavy atom. The first-order valence-electron chi connectivity index (χ1n) is 9.56. The Morgan fingerprint density at radius 3 is 1.89 bits per heavy atom. The molecule has 0 aliphatic rings. The van der Waals surface area contributed by atoms with Gasteiger partial charge in [0.05, 0.1) is 5.69 Å². The SMILES string of the molecule is CC(=Cc1ccc(C)cc1)c1ccc(-c2ccc(-c3ccccn3)cc2)cc1. The molecule has 0 fully saturated rings. The van der Waals surface area contributed by atoms with Crippen LogP contribution in [0.5, 0.6) is 0 Å². The topological polar surface area (TPSA) is 12.9 Å². The van der Waals surface area contributed by atoms with Gasteiger partial charge in [0, 0.05) is 11.8 Å². The fraction of sp³-hybridized carbons (Fsp3) is 0.0741. The van der Waals surface area contributed by atoms with E-state index >= 15 is 0 Å². The molecule has 0 radical (unpaired) electrons. The largest absolute Gasteiger partial charge is 0.256 e. The summed E-state index contributed by atoms with van der Waals surface area (Å²) in [6, 6.07) is 32.0. The molecule has 1 heterocycles. The summed E-state index contributed by atoms with van der Waals surface area (Å²) in [5.41, 5.74) is 9.60. The zero-order valence-corrected chi connectivity index (χ0v) is 16.3. The summed E-state index contributed by atoms with van der Waals surface area (Å²) in [5.74, 6) is 0. The predicted molar refractivity (Wildman–Crippen MR) is 120 cm³/mol. The molecule has 0 saturated heterocycles. The van der Waals surface area contributed by atoms with Crippen LogP contribution in [0.2, 0.25) is 0 Å². The molecule has 0 atom stereocenters. The number of aromatic nitrogens is 1. The van der Waals surface area contributed by atoms with Crippen LogP contribution in [0, 0.1) is 6.92 Å². The van der Waals surface area contributed by atoms with Crippen LogP contribution in [0.3, 0.4) is 0 Å². The molecule has 0 saturated carbocycles. The van der Waals surface area contributed by atoms with Gasteiger partial charge in [-0.15, -0.1) is 0 Å². The van der Waals surface area contributed by atoms with Gasteiger partial charge in [-0.05, 0) is 53.8 Å². The second-order valence-electron chi connectivity index (χ2n) is 7.11. The van der Waals surface area contributed by atoms with E-state index in [4.69, 9.17) is 0 Å². The highest BCUT2D eigenvalue weighted by Crippen LogP contribution is 2.26. The van der Waals surface area contributed by atoms with Crippen molar-refractivity contribution in [1.29, 1.82) is 0 Å². The molecule has 28 heavy (non-hydrogen) atoms. The second-order valence-corrected chi connectivity index (χ2v) is 7.11. The van der Waals surface area contributed by atoms with E-state index in [0.29, 0.717) is 0 Å². The first-order chi connectivity index (χ1) is 13.7. The van der Waals surface area contributed by atoms with Gasteiger partial charge in [0.15, 0.2) is 0 Å². The van der Waals surface area contributed by atoms with Gasteiger partial charge in [0.25, 0.3) is 0 Å². The van der Waals surface area contributed by atoms with Gasteiger partial charge < -0.3 is 0 Å². The Bertz CT molecular complexity index is 1070. The van der Waals surface area contributed by atoms with Crippen molar-refractivity contribution in [2.24, 2.45) is 0 Å². The highest BCUT2D eigenvalue weighted by atomic mass is 14.7. The number of nitrogens with zero attached hydrogens (tertiary/aromatic N) is 1. The number of benzene rings is 3. The van der Waals surface area contributed by atoms with Gasteiger partial charge in [-0.1, -0.05) is 90.5 Å². The summed E-state index contributed by atoms with van der Waals surface area (Å²) in [6.45, 7) is 4.28. The fourth-order valence-electron chi connectivity index (χ4n) is 3.29. The number of aryl methyl sites for hydroxylation is 1. The van der Waals surface area contributed by atoms with E-state index in [1.165, 1.54) is 33.4 Å². The summed E-state index contributed by atoms with van der Waals surface area (Å²) in [6.07, 6.45) is 4.06. The van der Waals surface area contributed by atoms with Crippen molar-refractivity contribution in [1.82, 2.24) is 4.98 Å². The highest BCUT2D eigenvalue weighted by Gasteiger charge is 2.02. The minimum Gasteiger partial charge on any atom is -0.256 e. The van der Waals surface area contributed by atoms with Gasteiger partial charge in [-0.25, -0.2) is 0 Å². The van der Waals surface area contributed by atoms with E-state index in [9.17, 15) is 0 Å². The first-order valence-corrected chi connectivity index (χ1v) is 9.56. The first kappa shape index (κ1) is 17.9. The third kappa shape index (κ3) is 4.10. The maximum atomic E-state index is 4.42.